The van der Waals surface area contributed by atoms with Gasteiger partial charge in [0.05, 0.1) is 29.3 Å². The Bertz CT molecular complexity index is 1650. The van der Waals surface area contributed by atoms with Gasteiger partial charge >= 0.3 is 18.1 Å². The lowest BCUT2D eigenvalue weighted by molar-refractivity contribution is -0.312. The first-order valence-electron chi connectivity index (χ1n) is 17.6. The van der Waals surface area contributed by atoms with Crippen LogP contribution in [0.5, 0.6) is 5.75 Å². The number of anilines is 1. The number of hydrogen-bond donors (Lipinski definition) is 3. The second-order valence-electron chi connectivity index (χ2n) is 13.7. The van der Waals surface area contributed by atoms with Crippen LogP contribution in [-0.4, -0.2) is 118 Å². The first kappa shape index (κ1) is 36.4. The van der Waals surface area contributed by atoms with Crippen molar-refractivity contribution < 1.29 is 44.0 Å². The van der Waals surface area contributed by atoms with Gasteiger partial charge in [-0.25, -0.2) is 14.4 Å². The highest BCUT2D eigenvalue weighted by molar-refractivity contribution is 9.10. The highest BCUT2D eigenvalue weighted by Crippen LogP contribution is 2.33. The number of benzene rings is 2. The highest BCUT2D eigenvalue weighted by Gasteiger charge is 2.59. The molecule has 5 aliphatic heterocycles. The number of aliphatic carboxylic acids is 2. The molecule has 3 N–H and O–H groups in total. The minimum Gasteiger partial charge on any atom is -0.548 e. The molecule has 1 radical (unpaired) electrons. The third kappa shape index (κ3) is 8.25. The molecular formula is C36H43BrN5O9. The highest BCUT2D eigenvalue weighted by atomic mass is 79.9. The maximum Gasteiger partial charge on any atom is 0.410 e. The molecule has 14 nitrogen and oxygen atoms in total. The summed E-state index contributed by atoms with van der Waals surface area (Å²) in [6, 6.07) is 11.7. The Morgan fingerprint density at radius 1 is 1.02 bits per heavy atom. The van der Waals surface area contributed by atoms with Gasteiger partial charge in [0, 0.05) is 44.3 Å². The lowest BCUT2D eigenvalue weighted by Crippen LogP contribution is -2.71. The summed E-state index contributed by atoms with van der Waals surface area (Å²) in [7, 11) is 0. The fourth-order valence-corrected chi connectivity index (χ4v) is 8.04. The van der Waals surface area contributed by atoms with E-state index in [2.05, 4.69) is 21.2 Å². The molecule has 5 aliphatic rings. The van der Waals surface area contributed by atoms with Crippen LogP contribution in [-0.2, 0) is 32.0 Å². The second-order valence-corrected chi connectivity index (χ2v) is 14.6. The van der Waals surface area contributed by atoms with Crippen LogP contribution in [0.1, 0.15) is 56.1 Å². The molecule has 3 unspecified atom stereocenters. The Kier molecular flexibility index (Phi) is 11.3. The lowest BCUT2D eigenvalue weighted by Gasteiger charge is -2.42. The zero-order chi connectivity index (χ0) is 36.2. The molecule has 0 spiro atoms. The molecule has 273 valence electrons. The number of phenols is 1. The zero-order valence-electron chi connectivity index (χ0n) is 28.2. The Morgan fingerprint density at radius 2 is 1.78 bits per heavy atom. The van der Waals surface area contributed by atoms with Gasteiger partial charge in [0.2, 0.25) is 6.04 Å². The standard InChI is InChI=1S/C30H35BrN4O7.C6H9NO2/c31-22-17-19(8-9-25(22)36)18-26(27(37)35-13-4-3-7-24(35)28(38)39)42-30(41)33-14-11-21(12-15-33)34-16-10-20-5-1-2-6-23(20)32-29(34)40;8-6(9)5-3-4-1-2-7(4)5/h1-2,5-6,8-9,17,21,24,26,36H,3-4,7,10-16,18H2,(H,32,40)(H,38,39);4-5H,1-3H2,(H,8,9)/q;+1/p-1/t24?,26-;/m1./s1. The molecule has 0 aromatic heterocycles. The minimum absolute atomic E-state index is 0.00466. The van der Waals surface area contributed by atoms with Gasteiger partial charge in [0.25, 0.3) is 5.91 Å². The van der Waals surface area contributed by atoms with E-state index in [0.29, 0.717) is 61.4 Å². The molecule has 5 heterocycles. The monoisotopic (exact) mass is 768 g/mol. The molecule has 0 saturated carbocycles. The first-order chi connectivity index (χ1) is 24.5. The van der Waals surface area contributed by atoms with Crippen LogP contribution < -0.4 is 15.3 Å². The molecule has 4 atom stereocenters. The number of carboxylic acids is 2. The first-order valence-corrected chi connectivity index (χ1v) is 18.4. The summed E-state index contributed by atoms with van der Waals surface area (Å²) in [4.78, 5) is 68.7. The van der Waals surface area contributed by atoms with E-state index in [1.165, 1.54) is 22.3 Å². The number of nitrogens with zero attached hydrogens (tertiary/aromatic N) is 4. The SMILES string of the molecule is O=C(O)C1CC2CC[N+]21.O=C([O-])C1CCCCN1C(=O)[C@@H](Cc1ccc(O)c(Br)c1)OC(=O)N1CCC(N2CCc3ccccc3NC2=O)CC1. The molecular weight excluding hydrogens is 726 g/mol. The number of hydrogen-bond acceptors (Lipinski definition) is 9. The largest absolute Gasteiger partial charge is 0.548 e. The molecule has 2 aromatic rings. The van der Waals surface area contributed by atoms with Gasteiger partial charge in [-0.3, -0.25) is 4.79 Å². The summed E-state index contributed by atoms with van der Waals surface area (Å²) in [5.74, 6) is -2.54. The van der Waals surface area contributed by atoms with Crippen LogP contribution in [0.3, 0.4) is 0 Å². The number of para-hydroxylation sites is 1. The van der Waals surface area contributed by atoms with E-state index in [9.17, 15) is 34.2 Å². The fraction of sp³-hybridized carbons (Fsp3) is 0.528. The number of carbonyl (C=O) groups excluding carboxylic acids is 4. The Labute approximate surface area is 304 Å². The quantitative estimate of drug-likeness (QED) is 0.356. The van der Waals surface area contributed by atoms with Gasteiger partial charge in [-0.15, -0.1) is 0 Å². The van der Waals surface area contributed by atoms with E-state index >= 15 is 0 Å². The molecule has 15 heteroatoms. The number of carboxylic acid groups (broad SMARTS) is 2. The smallest absolute Gasteiger partial charge is 0.410 e. The predicted molar refractivity (Wildman–Crippen MR) is 186 cm³/mol. The van der Waals surface area contributed by atoms with Crippen molar-refractivity contribution in [3.63, 3.8) is 0 Å². The number of urea groups is 1. The number of fused-ring (bicyclic) bond motifs is 2. The topological polar surface area (TPSA) is 186 Å². The number of amides is 4. The maximum absolute atomic E-state index is 13.6. The van der Waals surface area contributed by atoms with Crippen molar-refractivity contribution in [3.05, 3.63) is 58.1 Å². The van der Waals surface area contributed by atoms with Crippen LogP contribution in [0.4, 0.5) is 15.3 Å². The number of piperidine rings is 3. The van der Waals surface area contributed by atoms with Crippen molar-refractivity contribution in [1.29, 1.82) is 0 Å². The molecule has 0 bridgehead atoms. The van der Waals surface area contributed by atoms with Gasteiger partial charge in [-0.2, -0.15) is 4.90 Å². The number of aromatic hydroxyl groups is 1. The number of halogens is 1. The number of nitrogens with one attached hydrogen (secondary N) is 1. The van der Waals surface area contributed by atoms with Crippen molar-refractivity contribution in [2.45, 2.75) is 88.1 Å². The normalized spacial score (nSPS) is 23.8. The van der Waals surface area contributed by atoms with Gasteiger partial charge in [0.15, 0.2) is 6.10 Å². The van der Waals surface area contributed by atoms with Gasteiger partial charge in [-0.05, 0) is 83.8 Å². The van der Waals surface area contributed by atoms with Crippen molar-refractivity contribution in [2.24, 2.45) is 0 Å². The Balaban J connectivity index is 0.000000428. The van der Waals surface area contributed by atoms with Gasteiger partial charge in [0.1, 0.15) is 18.3 Å². The van der Waals surface area contributed by atoms with Crippen molar-refractivity contribution in [3.8, 4) is 5.75 Å². The lowest BCUT2D eigenvalue weighted by atomic mass is 9.83. The second kappa shape index (κ2) is 15.9. The van der Waals surface area contributed by atoms with Crippen LogP contribution in [0, 0.1) is 0 Å². The third-order valence-corrected chi connectivity index (χ3v) is 11.3. The van der Waals surface area contributed by atoms with Crippen molar-refractivity contribution in [2.75, 3.05) is 38.0 Å². The summed E-state index contributed by atoms with van der Waals surface area (Å²) in [6.07, 6.45) is 3.60. The van der Waals surface area contributed by atoms with E-state index in [1.807, 2.05) is 34.1 Å². The summed E-state index contributed by atoms with van der Waals surface area (Å²) < 4.78 is 6.21. The predicted octanol–water partition coefficient (Wildman–Crippen LogP) is 2.64. The van der Waals surface area contributed by atoms with Crippen LogP contribution in [0.25, 0.3) is 0 Å². The fourth-order valence-electron chi connectivity index (χ4n) is 7.61. The molecule has 0 aliphatic carbocycles. The summed E-state index contributed by atoms with van der Waals surface area (Å²) >= 11 is 3.27. The number of carbonyl (C=O) groups is 5. The van der Waals surface area contributed by atoms with Crippen LogP contribution in [0.15, 0.2) is 46.9 Å². The van der Waals surface area contributed by atoms with Crippen molar-refractivity contribution in [1.82, 2.24) is 19.6 Å². The van der Waals surface area contributed by atoms with E-state index in [0.717, 1.165) is 30.6 Å². The number of rotatable bonds is 7. The van der Waals surface area contributed by atoms with Gasteiger partial charge < -0.3 is 44.9 Å². The zero-order valence-corrected chi connectivity index (χ0v) is 29.8. The Morgan fingerprint density at radius 3 is 2.41 bits per heavy atom. The van der Waals surface area contributed by atoms with E-state index in [-0.39, 0.29) is 43.3 Å². The maximum atomic E-state index is 13.6. The van der Waals surface area contributed by atoms with E-state index < -0.39 is 36.1 Å². The molecule has 4 amide bonds. The van der Waals surface area contributed by atoms with Crippen LogP contribution >= 0.6 is 15.9 Å². The van der Waals surface area contributed by atoms with Crippen molar-refractivity contribution >= 4 is 51.6 Å². The molecule has 7 rings (SSSR count). The van der Waals surface area contributed by atoms with Crippen LogP contribution in [0.2, 0.25) is 0 Å². The minimum atomic E-state index is -1.33. The molecule has 51 heavy (non-hydrogen) atoms. The number of ether oxygens (including phenoxy) is 1. The number of phenolic OH excluding ortho intramolecular Hbond substituents is 1. The molecule has 4 fully saturated rings. The average molecular weight is 770 g/mol. The Hall–Kier alpha value is -4.37. The third-order valence-electron chi connectivity index (χ3n) is 10.7. The summed E-state index contributed by atoms with van der Waals surface area (Å²) in [6.45, 7) is 2.50. The molecule has 4 saturated heterocycles. The number of likely N-dealkylation sites (tertiary alicyclic amines) is 2. The summed E-state index contributed by atoms with van der Waals surface area (Å²) in [5, 5.41) is 33.2. The molecule has 2 aromatic carbocycles. The van der Waals surface area contributed by atoms with Gasteiger partial charge in [-0.1, -0.05) is 24.3 Å². The van der Waals surface area contributed by atoms with E-state index in [4.69, 9.17) is 9.84 Å². The van der Waals surface area contributed by atoms with E-state index in [1.54, 1.807) is 12.1 Å². The summed E-state index contributed by atoms with van der Waals surface area (Å²) in [5.41, 5.74) is 2.53. The average Bonchev–Trinajstić information content (AvgIpc) is 3.28.